The van der Waals surface area contributed by atoms with Crippen LogP contribution in [0.4, 0.5) is 0 Å². The van der Waals surface area contributed by atoms with Crippen molar-refractivity contribution < 1.29 is 41.3 Å². The number of nitrogens with zero attached hydrogens (tertiary/aromatic N) is 1. The first-order chi connectivity index (χ1) is 19.9. The van der Waals surface area contributed by atoms with Gasteiger partial charge in [0.15, 0.2) is 9.84 Å². The smallest absolute Gasteiger partial charge is 0.243 e. The molecule has 1 aliphatic carbocycles. The van der Waals surface area contributed by atoms with Crippen LogP contribution in [0.5, 0.6) is 11.5 Å². The number of ether oxygens (including phenoxy) is 3. The second-order valence-electron chi connectivity index (χ2n) is 11.3. The fourth-order valence-corrected chi connectivity index (χ4v) is 9.60. The minimum absolute atomic E-state index is 0.00188. The summed E-state index contributed by atoms with van der Waals surface area (Å²) in [6.07, 6.45) is 1.88. The minimum Gasteiger partial charge on any atom is -0.496 e. The van der Waals surface area contributed by atoms with Gasteiger partial charge in [0.1, 0.15) is 24.2 Å². The highest BCUT2D eigenvalue weighted by atomic mass is 79.9. The van der Waals surface area contributed by atoms with Crippen molar-refractivity contribution in [1.29, 1.82) is 0 Å². The number of rotatable bonds is 12. The Kier molecular flexibility index (Phi) is 9.27. The van der Waals surface area contributed by atoms with E-state index in [1.807, 2.05) is 0 Å². The number of sulfonamides is 1. The van der Waals surface area contributed by atoms with Gasteiger partial charge in [0, 0.05) is 25.7 Å². The van der Waals surface area contributed by atoms with Crippen LogP contribution in [0.15, 0.2) is 56.7 Å². The average molecular weight is 690 g/mol. The summed E-state index contributed by atoms with van der Waals surface area (Å²) in [6.45, 7) is 0.971. The molecule has 2 aromatic rings. The van der Waals surface area contributed by atoms with Crippen LogP contribution in [0, 0.1) is 0 Å². The Morgan fingerprint density at radius 2 is 1.83 bits per heavy atom. The van der Waals surface area contributed by atoms with E-state index >= 15 is 0 Å². The zero-order valence-electron chi connectivity index (χ0n) is 23.4. The van der Waals surface area contributed by atoms with Gasteiger partial charge in [0.05, 0.1) is 44.9 Å². The number of aliphatic hydroxyl groups excluding tert-OH is 2. The molecule has 3 N–H and O–H groups in total. The molecule has 3 fully saturated rings. The Balaban J connectivity index is 1.08. The maximum absolute atomic E-state index is 13.2. The molecular weight excluding hydrogens is 652 g/mol. The van der Waals surface area contributed by atoms with E-state index in [2.05, 4.69) is 21.2 Å². The Morgan fingerprint density at radius 3 is 2.48 bits per heavy atom. The number of aliphatic hydroxyl groups is 2. The van der Waals surface area contributed by atoms with Gasteiger partial charge in [0.2, 0.25) is 10.0 Å². The van der Waals surface area contributed by atoms with Gasteiger partial charge in [0.25, 0.3) is 0 Å². The van der Waals surface area contributed by atoms with Crippen molar-refractivity contribution in [2.45, 2.75) is 64.4 Å². The van der Waals surface area contributed by atoms with Crippen molar-refractivity contribution in [1.82, 2.24) is 9.62 Å². The SMILES string of the molecule is COc1ccc(S(=O)(=O)N2CCC3(CC2)CC(NCC(O)COc2cccc(S(=O)(=O)C4(CO)CC4)c2)CO3)cc1Br. The fraction of sp³-hybridized carbons (Fsp3) is 0.571. The van der Waals surface area contributed by atoms with E-state index in [1.54, 1.807) is 30.3 Å². The molecule has 2 atom stereocenters. The third-order valence-corrected chi connectivity index (χ3v) is 13.5. The highest BCUT2D eigenvalue weighted by Crippen LogP contribution is 2.46. The summed E-state index contributed by atoms with van der Waals surface area (Å²) in [6, 6.07) is 10.9. The van der Waals surface area contributed by atoms with Gasteiger partial charge in [-0.2, -0.15) is 4.31 Å². The first kappa shape index (κ1) is 31.6. The normalized spacial score (nSPS) is 22.6. The zero-order valence-corrected chi connectivity index (χ0v) is 26.6. The summed E-state index contributed by atoms with van der Waals surface area (Å²) in [5.74, 6) is 0.891. The van der Waals surface area contributed by atoms with Gasteiger partial charge in [-0.25, -0.2) is 16.8 Å². The summed E-state index contributed by atoms with van der Waals surface area (Å²) in [5, 5.41) is 23.4. The van der Waals surface area contributed by atoms with Gasteiger partial charge in [-0.1, -0.05) is 6.07 Å². The van der Waals surface area contributed by atoms with Crippen molar-refractivity contribution >= 4 is 35.8 Å². The quantitative estimate of drug-likeness (QED) is 0.302. The molecule has 0 bridgehead atoms. The molecule has 2 heterocycles. The Morgan fingerprint density at radius 1 is 1.10 bits per heavy atom. The van der Waals surface area contributed by atoms with Crippen LogP contribution in [0.1, 0.15) is 32.1 Å². The predicted octanol–water partition coefficient (Wildman–Crippen LogP) is 2.10. The van der Waals surface area contributed by atoms with E-state index < -0.39 is 42.9 Å². The van der Waals surface area contributed by atoms with Crippen LogP contribution in [-0.4, -0.2) is 100 Å². The third-order valence-electron chi connectivity index (χ3n) is 8.47. The fourth-order valence-electron chi connectivity index (χ4n) is 5.60. The van der Waals surface area contributed by atoms with Gasteiger partial charge in [-0.3, -0.25) is 0 Å². The van der Waals surface area contributed by atoms with E-state index in [4.69, 9.17) is 14.2 Å². The lowest BCUT2D eigenvalue weighted by molar-refractivity contribution is -0.0312. The summed E-state index contributed by atoms with van der Waals surface area (Å²) < 4.78 is 70.1. The summed E-state index contributed by atoms with van der Waals surface area (Å²) in [7, 11) is -5.79. The summed E-state index contributed by atoms with van der Waals surface area (Å²) >= 11 is 3.36. The minimum atomic E-state index is -3.67. The van der Waals surface area contributed by atoms with Crippen LogP contribution in [0.2, 0.25) is 0 Å². The third kappa shape index (κ3) is 6.36. The lowest BCUT2D eigenvalue weighted by Gasteiger charge is -2.38. The van der Waals surface area contributed by atoms with Gasteiger partial charge >= 0.3 is 0 Å². The summed E-state index contributed by atoms with van der Waals surface area (Å²) in [4.78, 5) is 0.308. The molecule has 0 radical (unpaired) electrons. The number of piperidine rings is 1. The number of halogens is 1. The van der Waals surface area contributed by atoms with Crippen molar-refractivity contribution in [3.05, 3.63) is 46.9 Å². The largest absolute Gasteiger partial charge is 0.496 e. The molecule has 11 nitrogen and oxygen atoms in total. The maximum Gasteiger partial charge on any atom is 0.243 e. The first-order valence-electron chi connectivity index (χ1n) is 13.9. The van der Waals surface area contributed by atoms with Crippen molar-refractivity contribution in [2.24, 2.45) is 0 Å². The van der Waals surface area contributed by atoms with Gasteiger partial charge in [-0.15, -0.1) is 0 Å². The van der Waals surface area contributed by atoms with Crippen molar-refractivity contribution in [2.75, 3.05) is 46.6 Å². The van der Waals surface area contributed by atoms with E-state index in [0.717, 1.165) is 0 Å². The standard InChI is InChI=1S/C28H37BrN2O9S2/c1-38-26-6-5-24(14-25(26)29)42(36,37)31-11-9-27(10-12-31)15-20(17-40-27)30-16-21(33)18-39-22-3-2-4-23(13-22)41(34,35)28(19-32)7-8-28/h2-6,13-14,20-21,30,32-33H,7-12,15-19H2,1H3. The number of nitrogens with one attached hydrogen (secondary N) is 1. The highest BCUT2D eigenvalue weighted by Gasteiger charge is 2.54. The summed E-state index contributed by atoms with van der Waals surface area (Å²) in [5.41, 5.74) is -0.412. The van der Waals surface area contributed by atoms with Gasteiger partial charge < -0.3 is 29.7 Å². The van der Waals surface area contributed by atoms with E-state index in [0.29, 0.717) is 67.8 Å². The monoisotopic (exact) mass is 688 g/mol. The van der Waals surface area contributed by atoms with Crippen LogP contribution >= 0.6 is 15.9 Å². The second-order valence-corrected chi connectivity index (χ2v) is 16.4. The predicted molar refractivity (Wildman–Crippen MR) is 158 cm³/mol. The topological polar surface area (TPSA) is 152 Å². The van der Waals surface area contributed by atoms with Crippen LogP contribution in [0.3, 0.4) is 0 Å². The molecule has 42 heavy (non-hydrogen) atoms. The van der Waals surface area contributed by atoms with E-state index in [9.17, 15) is 27.0 Å². The molecule has 2 aliphatic heterocycles. The zero-order chi connectivity index (χ0) is 30.2. The Labute approximate surface area is 255 Å². The Bertz CT molecular complexity index is 1490. The molecule has 232 valence electrons. The molecular formula is C28H37BrN2O9S2. The Hall–Kier alpha value is -1.78. The molecule has 14 heteroatoms. The average Bonchev–Trinajstić information content (AvgIpc) is 3.71. The molecule has 3 aliphatic rings. The van der Waals surface area contributed by atoms with Crippen molar-refractivity contribution in [3.63, 3.8) is 0 Å². The molecule has 0 amide bonds. The van der Waals surface area contributed by atoms with E-state index in [-0.39, 0.29) is 29.0 Å². The molecule has 2 aromatic carbocycles. The van der Waals surface area contributed by atoms with E-state index in [1.165, 1.54) is 23.5 Å². The number of methoxy groups -OCH3 is 1. The van der Waals surface area contributed by atoms with Gasteiger partial charge in [-0.05, 0) is 84.4 Å². The number of hydrogen-bond donors (Lipinski definition) is 3. The molecule has 1 spiro atoms. The second kappa shape index (κ2) is 12.3. The molecule has 2 saturated heterocycles. The lowest BCUT2D eigenvalue weighted by Crippen LogP contribution is -2.47. The molecule has 2 unspecified atom stereocenters. The van der Waals surface area contributed by atoms with Crippen LogP contribution < -0.4 is 14.8 Å². The van der Waals surface area contributed by atoms with Crippen molar-refractivity contribution in [3.8, 4) is 11.5 Å². The maximum atomic E-state index is 13.2. The highest BCUT2D eigenvalue weighted by molar-refractivity contribution is 9.10. The first-order valence-corrected chi connectivity index (χ1v) is 17.6. The number of hydrogen-bond acceptors (Lipinski definition) is 10. The molecule has 5 rings (SSSR count). The van der Waals surface area contributed by atoms with Crippen LogP contribution in [0.25, 0.3) is 0 Å². The lowest BCUT2D eigenvalue weighted by atomic mass is 9.88. The van der Waals surface area contributed by atoms with Crippen LogP contribution in [-0.2, 0) is 24.6 Å². The number of sulfone groups is 1. The molecule has 1 saturated carbocycles. The molecule has 0 aromatic heterocycles. The number of benzene rings is 2.